The number of pyridine rings is 1. The highest BCUT2D eigenvalue weighted by atomic mass is 16.2. The number of carbonyl (C=O) groups excluding carboxylic acids is 1. The molecule has 1 aliphatic heterocycles. The van der Waals surface area contributed by atoms with Crippen LogP contribution in [0.5, 0.6) is 0 Å². The van der Waals surface area contributed by atoms with E-state index in [2.05, 4.69) is 15.5 Å². The summed E-state index contributed by atoms with van der Waals surface area (Å²) < 4.78 is 3.55. The zero-order valence-corrected chi connectivity index (χ0v) is 12.9. The highest BCUT2D eigenvalue weighted by Crippen LogP contribution is 2.20. The van der Waals surface area contributed by atoms with E-state index in [1.165, 1.54) is 0 Å². The van der Waals surface area contributed by atoms with Crippen LogP contribution < -0.4 is 10.2 Å². The topological polar surface area (TPSA) is 67.5 Å². The molecule has 4 heterocycles. The molecule has 7 nitrogen and oxygen atoms in total. The number of hydrogen-bond donors (Lipinski definition) is 1. The summed E-state index contributed by atoms with van der Waals surface area (Å²) in [6, 6.07) is 7.66. The molecular weight excluding hydrogens is 292 g/mol. The van der Waals surface area contributed by atoms with Gasteiger partial charge < -0.3 is 5.32 Å². The summed E-state index contributed by atoms with van der Waals surface area (Å²) in [7, 11) is 1.85. The average Bonchev–Trinajstić information content (AvgIpc) is 3.25. The van der Waals surface area contributed by atoms with Gasteiger partial charge in [0.25, 0.3) is 0 Å². The van der Waals surface area contributed by atoms with Crippen LogP contribution in [-0.2, 0) is 18.4 Å². The van der Waals surface area contributed by atoms with Crippen LogP contribution in [0, 0.1) is 0 Å². The largest absolute Gasteiger partial charge is 0.302 e. The van der Waals surface area contributed by atoms with Gasteiger partial charge in [0.15, 0.2) is 5.82 Å². The van der Waals surface area contributed by atoms with Gasteiger partial charge in [0, 0.05) is 44.2 Å². The molecule has 118 valence electrons. The molecule has 1 unspecified atom stereocenters. The van der Waals surface area contributed by atoms with E-state index < -0.39 is 0 Å². The van der Waals surface area contributed by atoms with E-state index in [1.807, 2.05) is 54.4 Å². The third-order valence-electron chi connectivity index (χ3n) is 4.23. The summed E-state index contributed by atoms with van der Waals surface area (Å²) in [4.78, 5) is 14.3. The molecule has 3 aromatic rings. The SMILES string of the molecule is Cn1ccc(N2CCC(NCc3cnn4ccccc34)C2=O)n1. The lowest BCUT2D eigenvalue weighted by Crippen LogP contribution is -2.38. The smallest absolute Gasteiger partial charge is 0.245 e. The number of rotatable bonds is 4. The third kappa shape index (κ3) is 2.49. The lowest BCUT2D eigenvalue weighted by molar-refractivity contribution is -0.118. The molecule has 1 amide bonds. The number of fused-ring (bicyclic) bond motifs is 1. The van der Waals surface area contributed by atoms with Crippen LogP contribution in [0.3, 0.4) is 0 Å². The Balaban J connectivity index is 1.45. The first-order valence-electron chi connectivity index (χ1n) is 7.68. The minimum absolute atomic E-state index is 0.0835. The van der Waals surface area contributed by atoms with Crippen molar-refractivity contribution in [3.8, 4) is 0 Å². The molecule has 1 aliphatic rings. The number of anilines is 1. The normalized spacial score (nSPS) is 18.2. The van der Waals surface area contributed by atoms with Crippen LogP contribution >= 0.6 is 0 Å². The van der Waals surface area contributed by atoms with Crippen LogP contribution in [0.4, 0.5) is 5.82 Å². The summed E-state index contributed by atoms with van der Waals surface area (Å²) in [6.07, 6.45) is 6.40. The van der Waals surface area contributed by atoms with Crippen molar-refractivity contribution in [2.45, 2.75) is 19.0 Å². The van der Waals surface area contributed by atoms with Crippen molar-refractivity contribution in [3.05, 3.63) is 48.4 Å². The predicted molar refractivity (Wildman–Crippen MR) is 86.0 cm³/mol. The second-order valence-electron chi connectivity index (χ2n) is 5.76. The van der Waals surface area contributed by atoms with E-state index in [9.17, 15) is 4.79 Å². The first-order valence-corrected chi connectivity index (χ1v) is 7.68. The zero-order valence-electron chi connectivity index (χ0n) is 12.9. The number of nitrogens with one attached hydrogen (secondary N) is 1. The standard InChI is InChI=1S/C16H18N6O/c1-20-8-6-15(19-20)21-9-5-13(16(21)23)17-10-12-11-18-22-7-3-2-4-14(12)22/h2-4,6-8,11,13,17H,5,9-10H2,1H3. The molecule has 1 fully saturated rings. The van der Waals surface area contributed by atoms with Gasteiger partial charge >= 0.3 is 0 Å². The number of nitrogens with zero attached hydrogens (tertiary/aromatic N) is 5. The van der Waals surface area contributed by atoms with Gasteiger partial charge in [-0.05, 0) is 18.6 Å². The van der Waals surface area contributed by atoms with Crippen molar-refractivity contribution in [2.75, 3.05) is 11.4 Å². The van der Waals surface area contributed by atoms with E-state index in [0.717, 1.165) is 23.3 Å². The minimum atomic E-state index is -0.171. The van der Waals surface area contributed by atoms with Gasteiger partial charge in [-0.2, -0.15) is 10.2 Å². The van der Waals surface area contributed by atoms with Gasteiger partial charge in [0.1, 0.15) is 0 Å². The quantitative estimate of drug-likeness (QED) is 0.779. The van der Waals surface area contributed by atoms with E-state index in [1.54, 1.807) is 9.58 Å². The Hall–Kier alpha value is -2.67. The van der Waals surface area contributed by atoms with Crippen molar-refractivity contribution in [1.82, 2.24) is 24.7 Å². The van der Waals surface area contributed by atoms with Crippen molar-refractivity contribution in [3.63, 3.8) is 0 Å². The average molecular weight is 310 g/mol. The maximum absolute atomic E-state index is 12.5. The van der Waals surface area contributed by atoms with Gasteiger partial charge in [0.05, 0.1) is 17.8 Å². The molecule has 4 rings (SSSR count). The zero-order chi connectivity index (χ0) is 15.8. The van der Waals surface area contributed by atoms with Gasteiger partial charge in [-0.3, -0.25) is 14.4 Å². The molecule has 3 aromatic heterocycles. The summed E-state index contributed by atoms with van der Waals surface area (Å²) in [5.41, 5.74) is 2.15. The van der Waals surface area contributed by atoms with E-state index in [-0.39, 0.29) is 11.9 Å². The van der Waals surface area contributed by atoms with E-state index in [0.29, 0.717) is 13.1 Å². The Morgan fingerprint density at radius 2 is 2.22 bits per heavy atom. The number of aromatic nitrogens is 4. The summed E-state index contributed by atoms with van der Waals surface area (Å²) in [6.45, 7) is 1.32. The second kappa shape index (κ2) is 5.51. The molecule has 1 atom stereocenters. The lowest BCUT2D eigenvalue weighted by atomic mass is 10.2. The van der Waals surface area contributed by atoms with Crippen molar-refractivity contribution in [2.24, 2.45) is 7.05 Å². The maximum atomic E-state index is 12.5. The number of aryl methyl sites for hydroxylation is 1. The van der Waals surface area contributed by atoms with Crippen LogP contribution in [-0.4, -0.2) is 37.9 Å². The highest BCUT2D eigenvalue weighted by molar-refractivity contribution is 5.98. The first-order chi connectivity index (χ1) is 11.2. The van der Waals surface area contributed by atoms with Crippen LogP contribution in [0.15, 0.2) is 42.9 Å². The fraction of sp³-hybridized carbons (Fsp3) is 0.312. The summed E-state index contributed by atoms with van der Waals surface area (Å²) in [5.74, 6) is 0.804. The van der Waals surface area contributed by atoms with Crippen LogP contribution in [0.1, 0.15) is 12.0 Å². The van der Waals surface area contributed by atoms with Crippen molar-refractivity contribution in [1.29, 1.82) is 0 Å². The molecule has 0 bridgehead atoms. The molecule has 1 saturated heterocycles. The Morgan fingerprint density at radius 3 is 3.04 bits per heavy atom. The second-order valence-corrected chi connectivity index (χ2v) is 5.76. The van der Waals surface area contributed by atoms with Gasteiger partial charge in [0.2, 0.25) is 5.91 Å². The third-order valence-corrected chi connectivity index (χ3v) is 4.23. The molecule has 7 heteroatoms. The predicted octanol–water partition coefficient (Wildman–Crippen LogP) is 0.963. The van der Waals surface area contributed by atoms with Crippen LogP contribution in [0.2, 0.25) is 0 Å². The maximum Gasteiger partial charge on any atom is 0.245 e. The van der Waals surface area contributed by atoms with Crippen molar-refractivity contribution < 1.29 is 4.79 Å². The Bertz CT molecular complexity index is 851. The highest BCUT2D eigenvalue weighted by Gasteiger charge is 2.33. The molecule has 0 spiro atoms. The molecule has 1 N–H and O–H groups in total. The first kappa shape index (κ1) is 14.0. The molecule has 0 aromatic carbocycles. The van der Waals surface area contributed by atoms with Crippen molar-refractivity contribution >= 4 is 17.2 Å². The summed E-state index contributed by atoms with van der Waals surface area (Å²) in [5, 5.41) is 12.0. The fourth-order valence-corrected chi connectivity index (χ4v) is 3.00. The fourth-order valence-electron chi connectivity index (χ4n) is 3.00. The number of amides is 1. The van der Waals surface area contributed by atoms with Gasteiger partial charge in [-0.1, -0.05) is 6.07 Å². The van der Waals surface area contributed by atoms with E-state index in [4.69, 9.17) is 0 Å². The molecular formula is C16H18N6O. The lowest BCUT2D eigenvalue weighted by Gasteiger charge is -2.14. The summed E-state index contributed by atoms with van der Waals surface area (Å²) >= 11 is 0. The molecule has 0 aliphatic carbocycles. The number of hydrogen-bond acceptors (Lipinski definition) is 4. The molecule has 0 saturated carbocycles. The molecule has 23 heavy (non-hydrogen) atoms. The molecule has 0 radical (unpaired) electrons. The van der Waals surface area contributed by atoms with E-state index >= 15 is 0 Å². The van der Waals surface area contributed by atoms with Gasteiger partial charge in [-0.25, -0.2) is 4.52 Å². The van der Waals surface area contributed by atoms with Crippen LogP contribution in [0.25, 0.3) is 5.52 Å². The Labute approximate surface area is 133 Å². The Kier molecular flexibility index (Phi) is 3.34. The number of carbonyl (C=O) groups is 1. The minimum Gasteiger partial charge on any atom is -0.302 e. The monoisotopic (exact) mass is 310 g/mol. The van der Waals surface area contributed by atoms with Gasteiger partial charge in [-0.15, -0.1) is 0 Å². The Morgan fingerprint density at radius 1 is 1.30 bits per heavy atom.